The Labute approximate surface area is 122 Å². The number of benzene rings is 1. The molecule has 1 heterocycles. The average molecular weight is 291 g/mol. The summed E-state index contributed by atoms with van der Waals surface area (Å²) in [7, 11) is 1.38. The van der Waals surface area contributed by atoms with Crippen molar-refractivity contribution in [3.8, 4) is 5.75 Å². The number of methoxy groups -OCH3 is 1. The lowest BCUT2D eigenvalue weighted by Crippen LogP contribution is -2.19. The maximum atomic E-state index is 11.4. The zero-order valence-electron chi connectivity index (χ0n) is 11.4. The van der Waals surface area contributed by atoms with E-state index in [4.69, 9.17) is 9.47 Å². The van der Waals surface area contributed by atoms with Crippen LogP contribution in [0.15, 0.2) is 41.9 Å². The highest BCUT2D eigenvalue weighted by Crippen LogP contribution is 2.25. The van der Waals surface area contributed by atoms with Crippen molar-refractivity contribution >= 4 is 22.8 Å². The number of carbonyl (C=O) groups is 1. The number of thioether (sulfide) groups is 1. The molecule has 0 radical (unpaired) electrons. The van der Waals surface area contributed by atoms with E-state index in [0.29, 0.717) is 12.4 Å². The van der Waals surface area contributed by atoms with Gasteiger partial charge in [-0.15, -0.1) is 18.3 Å². The molecule has 0 saturated carbocycles. The van der Waals surface area contributed by atoms with Crippen LogP contribution in [0.2, 0.25) is 0 Å². The fourth-order valence-corrected chi connectivity index (χ4v) is 2.77. The minimum absolute atomic E-state index is 0.281. The lowest BCUT2D eigenvalue weighted by molar-refractivity contribution is -0.141. The van der Waals surface area contributed by atoms with E-state index in [1.165, 1.54) is 7.11 Å². The Hall–Kier alpha value is -1.75. The van der Waals surface area contributed by atoms with E-state index >= 15 is 0 Å². The fourth-order valence-electron chi connectivity index (χ4n) is 1.74. The minimum atomic E-state index is -0.386. The molecule has 4 nitrogen and oxygen atoms in total. The zero-order valence-corrected chi connectivity index (χ0v) is 12.2. The largest absolute Gasteiger partial charge is 0.493 e. The van der Waals surface area contributed by atoms with Crippen molar-refractivity contribution in [2.45, 2.75) is 12.5 Å². The summed E-state index contributed by atoms with van der Waals surface area (Å²) in [4.78, 5) is 15.8. The second-order valence-corrected chi connectivity index (χ2v) is 5.24. The standard InChI is InChI=1S/C15H17NO3S/c1-3-4-9-19-12-7-5-11(6-8-12)14-16-13(10-20-14)15(17)18-2/h3,5-8,13H,1,4,9-10H2,2H3/t13-/m1/s1. The van der Waals surface area contributed by atoms with Gasteiger partial charge in [0.25, 0.3) is 0 Å². The number of hydrogen-bond donors (Lipinski definition) is 0. The molecule has 0 amide bonds. The third-order valence-electron chi connectivity index (χ3n) is 2.82. The number of carbonyl (C=O) groups excluding carboxylic acids is 1. The smallest absolute Gasteiger partial charge is 0.331 e. The summed E-state index contributed by atoms with van der Waals surface area (Å²) in [6.07, 6.45) is 2.65. The van der Waals surface area contributed by atoms with E-state index in [0.717, 1.165) is 22.8 Å². The van der Waals surface area contributed by atoms with E-state index in [1.54, 1.807) is 11.8 Å². The van der Waals surface area contributed by atoms with Gasteiger partial charge in [-0.25, -0.2) is 4.79 Å². The number of hydrogen-bond acceptors (Lipinski definition) is 5. The quantitative estimate of drug-likeness (QED) is 0.459. The van der Waals surface area contributed by atoms with Crippen LogP contribution < -0.4 is 4.74 Å². The Bertz CT molecular complexity index is 510. The van der Waals surface area contributed by atoms with Gasteiger partial charge in [-0.05, 0) is 30.7 Å². The van der Waals surface area contributed by atoms with Crippen molar-refractivity contribution in [1.82, 2.24) is 0 Å². The molecule has 0 saturated heterocycles. The summed E-state index contributed by atoms with van der Waals surface area (Å²) in [6.45, 7) is 4.28. The van der Waals surface area contributed by atoms with E-state index in [2.05, 4.69) is 11.6 Å². The monoisotopic (exact) mass is 291 g/mol. The summed E-state index contributed by atoms with van der Waals surface area (Å²) in [5, 5.41) is 0.873. The van der Waals surface area contributed by atoms with Crippen LogP contribution in [0.5, 0.6) is 5.75 Å². The molecule has 20 heavy (non-hydrogen) atoms. The van der Waals surface area contributed by atoms with Gasteiger partial charge in [0, 0.05) is 11.3 Å². The van der Waals surface area contributed by atoms with E-state index in [-0.39, 0.29) is 12.0 Å². The average Bonchev–Trinajstić information content (AvgIpc) is 2.97. The summed E-state index contributed by atoms with van der Waals surface area (Å²) >= 11 is 1.57. The molecule has 1 aromatic carbocycles. The first-order valence-corrected chi connectivity index (χ1v) is 7.35. The third kappa shape index (κ3) is 3.63. The Morgan fingerprint density at radius 3 is 2.90 bits per heavy atom. The summed E-state index contributed by atoms with van der Waals surface area (Å²) in [6, 6.07) is 7.34. The molecule has 0 N–H and O–H groups in total. The normalized spacial score (nSPS) is 17.4. The summed E-state index contributed by atoms with van der Waals surface area (Å²) < 4.78 is 10.3. The topological polar surface area (TPSA) is 47.9 Å². The van der Waals surface area contributed by atoms with Crippen molar-refractivity contribution in [2.75, 3.05) is 19.5 Å². The third-order valence-corrected chi connectivity index (χ3v) is 3.91. The Balaban J connectivity index is 2.00. The van der Waals surface area contributed by atoms with Crippen molar-refractivity contribution in [3.63, 3.8) is 0 Å². The van der Waals surface area contributed by atoms with Crippen molar-refractivity contribution in [3.05, 3.63) is 42.5 Å². The first kappa shape index (κ1) is 14.7. The Kier molecular flexibility index (Phi) is 5.24. The van der Waals surface area contributed by atoms with E-state index < -0.39 is 0 Å². The molecule has 1 aromatic rings. The lowest BCUT2D eigenvalue weighted by atomic mass is 10.2. The lowest BCUT2D eigenvalue weighted by Gasteiger charge is -2.05. The highest BCUT2D eigenvalue weighted by molar-refractivity contribution is 8.14. The molecule has 1 aliphatic heterocycles. The number of aliphatic imine (C=N–C) groups is 1. The van der Waals surface area contributed by atoms with Crippen molar-refractivity contribution in [2.24, 2.45) is 4.99 Å². The van der Waals surface area contributed by atoms with Gasteiger partial charge >= 0.3 is 5.97 Å². The maximum Gasteiger partial charge on any atom is 0.331 e. The van der Waals surface area contributed by atoms with E-state index in [9.17, 15) is 4.79 Å². The molecular formula is C15H17NO3S. The number of rotatable bonds is 6. The number of esters is 1. The fraction of sp³-hybridized carbons (Fsp3) is 0.333. The van der Waals surface area contributed by atoms with Gasteiger partial charge in [0.2, 0.25) is 0 Å². The summed E-state index contributed by atoms with van der Waals surface area (Å²) in [5.41, 5.74) is 0.998. The predicted molar refractivity (Wildman–Crippen MR) is 81.6 cm³/mol. The van der Waals surface area contributed by atoms with Crippen LogP contribution in [-0.4, -0.2) is 36.5 Å². The molecule has 0 aromatic heterocycles. The van der Waals surface area contributed by atoms with Gasteiger partial charge in [-0.2, -0.15) is 0 Å². The first-order valence-electron chi connectivity index (χ1n) is 6.37. The second-order valence-electron chi connectivity index (χ2n) is 4.23. The molecule has 1 aliphatic rings. The molecule has 1 atom stereocenters. The van der Waals surface area contributed by atoms with Crippen LogP contribution in [0.3, 0.4) is 0 Å². The predicted octanol–water partition coefficient (Wildman–Crippen LogP) is 2.68. The first-order chi connectivity index (χ1) is 9.74. The maximum absolute atomic E-state index is 11.4. The van der Waals surface area contributed by atoms with Crippen molar-refractivity contribution < 1.29 is 14.3 Å². The van der Waals surface area contributed by atoms with Crippen molar-refractivity contribution in [1.29, 1.82) is 0 Å². The SMILES string of the molecule is C=CCCOc1ccc(C2=N[C@@H](C(=O)OC)CS2)cc1. The van der Waals surface area contributed by atoms with Crippen LogP contribution in [0.4, 0.5) is 0 Å². The van der Waals surface area contributed by atoms with Gasteiger partial charge < -0.3 is 9.47 Å². The second kappa shape index (κ2) is 7.14. The van der Waals surface area contributed by atoms with Gasteiger partial charge in [0.1, 0.15) is 5.75 Å². The van der Waals surface area contributed by atoms with E-state index in [1.807, 2.05) is 30.3 Å². The van der Waals surface area contributed by atoms with Gasteiger partial charge in [0.05, 0.1) is 18.8 Å². The minimum Gasteiger partial charge on any atom is -0.493 e. The van der Waals surface area contributed by atoms with Gasteiger partial charge in [0.15, 0.2) is 6.04 Å². The molecule has 2 rings (SSSR count). The van der Waals surface area contributed by atoms with Crippen LogP contribution in [0, 0.1) is 0 Å². The molecule has 0 spiro atoms. The molecule has 0 fully saturated rings. The van der Waals surface area contributed by atoms with Crippen LogP contribution in [-0.2, 0) is 9.53 Å². The number of ether oxygens (including phenoxy) is 2. The molecule has 5 heteroatoms. The summed E-state index contributed by atoms with van der Waals surface area (Å²) in [5.74, 6) is 1.18. The van der Waals surface area contributed by atoms with Crippen LogP contribution in [0.25, 0.3) is 0 Å². The van der Waals surface area contributed by atoms with Gasteiger partial charge in [-0.3, -0.25) is 4.99 Å². The number of nitrogens with zero attached hydrogens (tertiary/aromatic N) is 1. The van der Waals surface area contributed by atoms with Gasteiger partial charge in [-0.1, -0.05) is 6.08 Å². The highest BCUT2D eigenvalue weighted by atomic mass is 32.2. The molecule has 0 unspecified atom stereocenters. The zero-order chi connectivity index (χ0) is 14.4. The molecule has 0 aliphatic carbocycles. The molecular weight excluding hydrogens is 274 g/mol. The van der Waals surface area contributed by atoms with Crippen LogP contribution in [0.1, 0.15) is 12.0 Å². The molecule has 106 valence electrons. The Morgan fingerprint density at radius 2 is 2.25 bits per heavy atom. The van der Waals surface area contributed by atoms with Crippen LogP contribution >= 0.6 is 11.8 Å². The molecule has 0 bridgehead atoms. The Morgan fingerprint density at radius 1 is 1.50 bits per heavy atom. The highest BCUT2D eigenvalue weighted by Gasteiger charge is 2.26.